The van der Waals surface area contributed by atoms with Gasteiger partial charge in [0.25, 0.3) is 0 Å². The topological polar surface area (TPSA) is 95.6 Å². The lowest BCUT2D eigenvalue weighted by atomic mass is 10.2. The van der Waals surface area contributed by atoms with E-state index in [0.717, 1.165) is 9.87 Å². The molecule has 0 spiro atoms. The summed E-state index contributed by atoms with van der Waals surface area (Å²) in [5, 5.41) is 2.61. The molecule has 1 saturated heterocycles. The van der Waals surface area contributed by atoms with Crippen molar-refractivity contribution < 1.29 is 18.0 Å². The molecule has 1 fully saturated rings. The second-order valence-corrected chi connectivity index (χ2v) is 5.85. The number of benzene rings is 1. The molecule has 2 amide bonds. The summed E-state index contributed by atoms with van der Waals surface area (Å²) < 4.78 is 26.0. The number of rotatable bonds is 3. The lowest BCUT2D eigenvalue weighted by molar-refractivity contribution is -0.118. The zero-order valence-corrected chi connectivity index (χ0v) is 11.0. The van der Waals surface area contributed by atoms with Crippen molar-refractivity contribution in [1.82, 2.24) is 9.03 Å². The number of nitrogens with one attached hydrogen (secondary N) is 2. The Hall–Kier alpha value is -1.93. The van der Waals surface area contributed by atoms with Crippen molar-refractivity contribution in [1.29, 1.82) is 0 Å². The first-order valence-electron chi connectivity index (χ1n) is 5.54. The summed E-state index contributed by atoms with van der Waals surface area (Å²) in [4.78, 5) is 21.9. The Morgan fingerprint density at radius 2 is 2.00 bits per heavy atom. The van der Waals surface area contributed by atoms with Crippen LogP contribution in [0.25, 0.3) is 0 Å². The molecule has 7 nitrogen and oxygen atoms in total. The highest BCUT2D eigenvalue weighted by Crippen LogP contribution is 2.15. The number of hydrogen-bond donors (Lipinski definition) is 2. The third-order valence-electron chi connectivity index (χ3n) is 2.54. The van der Waals surface area contributed by atoms with Gasteiger partial charge in [-0.25, -0.2) is 4.72 Å². The number of hydrogen-bond acceptors (Lipinski definition) is 4. The Bertz CT molecular complexity index is 609. The third kappa shape index (κ3) is 3.30. The van der Waals surface area contributed by atoms with Gasteiger partial charge in [0.05, 0.1) is 6.54 Å². The molecule has 0 radical (unpaired) electrons. The van der Waals surface area contributed by atoms with Crippen LogP contribution in [0.3, 0.4) is 0 Å². The lowest BCUT2D eigenvalue weighted by Crippen LogP contribution is -2.29. The normalized spacial score (nSPS) is 18.1. The van der Waals surface area contributed by atoms with Gasteiger partial charge in [-0.05, 0) is 17.7 Å². The number of anilines is 1. The van der Waals surface area contributed by atoms with E-state index < -0.39 is 16.1 Å². The average molecular weight is 283 g/mol. The van der Waals surface area contributed by atoms with Crippen molar-refractivity contribution in [3.8, 4) is 0 Å². The van der Waals surface area contributed by atoms with Gasteiger partial charge < -0.3 is 5.32 Å². The largest absolute Gasteiger partial charge is 0.326 e. The van der Waals surface area contributed by atoms with Crippen LogP contribution in [-0.4, -0.2) is 31.1 Å². The van der Waals surface area contributed by atoms with E-state index in [4.69, 9.17) is 0 Å². The van der Waals surface area contributed by atoms with Crippen molar-refractivity contribution in [3.05, 3.63) is 29.8 Å². The van der Waals surface area contributed by atoms with Crippen LogP contribution in [0.4, 0.5) is 5.69 Å². The molecule has 1 aromatic rings. The van der Waals surface area contributed by atoms with E-state index in [0.29, 0.717) is 5.69 Å². The Labute approximate surface area is 110 Å². The molecule has 2 rings (SSSR count). The van der Waals surface area contributed by atoms with Crippen LogP contribution in [-0.2, 0) is 26.3 Å². The van der Waals surface area contributed by atoms with E-state index in [9.17, 15) is 18.0 Å². The molecule has 0 aromatic heterocycles. The van der Waals surface area contributed by atoms with E-state index in [1.807, 2.05) is 4.72 Å². The van der Waals surface area contributed by atoms with Crippen LogP contribution < -0.4 is 10.0 Å². The summed E-state index contributed by atoms with van der Waals surface area (Å²) in [7, 11) is -3.70. The van der Waals surface area contributed by atoms with Crippen LogP contribution in [0.1, 0.15) is 12.5 Å². The van der Waals surface area contributed by atoms with Gasteiger partial charge >= 0.3 is 10.2 Å². The van der Waals surface area contributed by atoms with Gasteiger partial charge in [0.1, 0.15) is 0 Å². The second-order valence-electron chi connectivity index (χ2n) is 4.18. The Balaban J connectivity index is 2.08. The molecule has 0 atom stereocenters. The third-order valence-corrected chi connectivity index (χ3v) is 3.96. The summed E-state index contributed by atoms with van der Waals surface area (Å²) in [5.74, 6) is -0.709. The molecule has 0 bridgehead atoms. The van der Waals surface area contributed by atoms with Gasteiger partial charge in [-0.1, -0.05) is 12.1 Å². The van der Waals surface area contributed by atoms with Crippen LogP contribution >= 0.6 is 0 Å². The van der Waals surface area contributed by atoms with Crippen molar-refractivity contribution >= 4 is 27.7 Å². The summed E-state index contributed by atoms with van der Waals surface area (Å²) in [6.45, 7) is 1.35. The molecule has 0 aliphatic carbocycles. The molecule has 8 heteroatoms. The highest BCUT2D eigenvalue weighted by molar-refractivity contribution is 7.88. The van der Waals surface area contributed by atoms with Gasteiger partial charge in [-0.2, -0.15) is 12.7 Å². The fraction of sp³-hybridized carbons (Fsp3) is 0.273. The van der Waals surface area contributed by atoms with E-state index in [1.165, 1.54) is 6.92 Å². The number of nitrogens with zero attached hydrogens (tertiary/aromatic N) is 1. The van der Waals surface area contributed by atoms with Crippen LogP contribution in [0.2, 0.25) is 0 Å². The van der Waals surface area contributed by atoms with Crippen molar-refractivity contribution in [2.45, 2.75) is 13.5 Å². The van der Waals surface area contributed by atoms with Crippen LogP contribution in [0.15, 0.2) is 24.3 Å². The minimum Gasteiger partial charge on any atom is -0.326 e. The first-order chi connectivity index (χ1) is 8.87. The van der Waals surface area contributed by atoms with Gasteiger partial charge in [0, 0.05) is 19.2 Å². The quantitative estimate of drug-likeness (QED) is 0.804. The molecule has 1 aliphatic rings. The van der Waals surface area contributed by atoms with Crippen LogP contribution in [0, 0.1) is 0 Å². The molecule has 1 aromatic carbocycles. The Morgan fingerprint density at radius 1 is 1.37 bits per heavy atom. The maximum absolute atomic E-state index is 11.5. The highest BCUT2D eigenvalue weighted by Gasteiger charge is 2.33. The Morgan fingerprint density at radius 3 is 2.47 bits per heavy atom. The maximum atomic E-state index is 11.5. The first kappa shape index (κ1) is 13.5. The van der Waals surface area contributed by atoms with Crippen molar-refractivity contribution in [2.24, 2.45) is 0 Å². The average Bonchev–Trinajstić information content (AvgIpc) is 2.54. The smallest absolute Gasteiger partial charge is 0.304 e. The monoisotopic (exact) mass is 283 g/mol. The summed E-state index contributed by atoms with van der Waals surface area (Å²) in [5.41, 5.74) is 1.36. The summed E-state index contributed by atoms with van der Waals surface area (Å²) in [6, 6.07) is 6.75. The first-order valence-corrected chi connectivity index (χ1v) is 6.98. The van der Waals surface area contributed by atoms with E-state index >= 15 is 0 Å². The molecule has 102 valence electrons. The lowest BCUT2D eigenvalue weighted by Gasteiger charge is -2.12. The predicted molar refractivity (Wildman–Crippen MR) is 68.2 cm³/mol. The minimum atomic E-state index is -3.70. The molecule has 0 saturated carbocycles. The predicted octanol–water partition coefficient (Wildman–Crippen LogP) is -0.178. The van der Waals surface area contributed by atoms with Gasteiger partial charge in [-0.3, -0.25) is 9.59 Å². The molecular weight excluding hydrogens is 270 g/mol. The number of carbonyl (C=O) groups is 2. The van der Waals surface area contributed by atoms with E-state index in [-0.39, 0.29) is 19.0 Å². The maximum Gasteiger partial charge on any atom is 0.304 e. The van der Waals surface area contributed by atoms with Gasteiger partial charge in [-0.15, -0.1) is 0 Å². The summed E-state index contributed by atoms with van der Waals surface area (Å²) >= 11 is 0. The zero-order chi connectivity index (χ0) is 14.0. The second kappa shape index (κ2) is 4.98. The standard InChI is InChI=1S/C11H13N3O4S/c1-8(15)12-10-4-2-9(3-5-10)6-14-7-11(16)13-19(14,17)18/h2-5H,6-7H2,1H3,(H,12,15)(H,13,16). The Kier molecular flexibility index (Phi) is 3.54. The van der Waals surface area contributed by atoms with Crippen molar-refractivity contribution in [3.63, 3.8) is 0 Å². The number of carbonyl (C=O) groups excluding carboxylic acids is 2. The molecule has 1 aliphatic heterocycles. The fourth-order valence-electron chi connectivity index (χ4n) is 1.73. The van der Waals surface area contributed by atoms with E-state index in [2.05, 4.69) is 5.32 Å². The SMILES string of the molecule is CC(=O)Nc1ccc(CN2CC(=O)NS2(=O)=O)cc1. The van der Waals surface area contributed by atoms with Gasteiger partial charge in [0.15, 0.2) is 0 Å². The van der Waals surface area contributed by atoms with Crippen molar-refractivity contribution in [2.75, 3.05) is 11.9 Å². The molecule has 2 N–H and O–H groups in total. The number of amides is 2. The minimum absolute atomic E-state index is 0.113. The summed E-state index contributed by atoms with van der Waals surface area (Å²) in [6.07, 6.45) is 0. The molecule has 0 unspecified atom stereocenters. The molecule has 19 heavy (non-hydrogen) atoms. The fourth-order valence-corrected chi connectivity index (χ4v) is 2.81. The van der Waals surface area contributed by atoms with E-state index in [1.54, 1.807) is 24.3 Å². The van der Waals surface area contributed by atoms with Gasteiger partial charge in [0.2, 0.25) is 11.8 Å². The molecule has 1 heterocycles. The van der Waals surface area contributed by atoms with Crippen LogP contribution in [0.5, 0.6) is 0 Å². The highest BCUT2D eigenvalue weighted by atomic mass is 32.2. The molecular formula is C11H13N3O4S. The zero-order valence-electron chi connectivity index (χ0n) is 10.2.